The van der Waals surface area contributed by atoms with E-state index in [4.69, 9.17) is 4.98 Å². The zero-order valence-electron chi connectivity index (χ0n) is 17.3. The SMILES string of the molecule is Cc1cn2c(Nc3cc(C)[nH]n3)nc(-c3cccc(CN4CCNCC4)c3)cc2n1. The number of H-pyrrole nitrogens is 1. The van der Waals surface area contributed by atoms with Crippen LogP contribution in [0.2, 0.25) is 0 Å². The molecule has 0 saturated carbocycles. The number of imidazole rings is 1. The molecule has 30 heavy (non-hydrogen) atoms. The van der Waals surface area contributed by atoms with E-state index in [1.54, 1.807) is 0 Å². The topological polar surface area (TPSA) is 86.2 Å². The molecular weight excluding hydrogens is 376 g/mol. The summed E-state index contributed by atoms with van der Waals surface area (Å²) in [6.45, 7) is 9.19. The number of aromatic amines is 1. The van der Waals surface area contributed by atoms with E-state index in [2.05, 4.69) is 55.0 Å². The monoisotopic (exact) mass is 402 g/mol. The van der Waals surface area contributed by atoms with Gasteiger partial charge in [-0.3, -0.25) is 14.4 Å². The highest BCUT2D eigenvalue weighted by molar-refractivity contribution is 5.68. The molecule has 1 saturated heterocycles. The van der Waals surface area contributed by atoms with Crippen LogP contribution in [0.4, 0.5) is 11.8 Å². The van der Waals surface area contributed by atoms with Gasteiger partial charge in [-0.2, -0.15) is 5.10 Å². The summed E-state index contributed by atoms with van der Waals surface area (Å²) in [6.07, 6.45) is 1.98. The van der Waals surface area contributed by atoms with Crippen molar-refractivity contribution in [1.29, 1.82) is 0 Å². The average molecular weight is 403 g/mol. The van der Waals surface area contributed by atoms with Gasteiger partial charge in [-0.15, -0.1) is 0 Å². The molecule has 5 rings (SSSR count). The largest absolute Gasteiger partial charge is 0.314 e. The zero-order chi connectivity index (χ0) is 20.5. The Balaban J connectivity index is 1.50. The molecule has 3 N–H and O–H groups in total. The maximum Gasteiger partial charge on any atom is 0.215 e. The summed E-state index contributed by atoms with van der Waals surface area (Å²) >= 11 is 0. The number of aromatic nitrogens is 5. The molecule has 0 aliphatic carbocycles. The normalized spacial score (nSPS) is 15.0. The highest BCUT2D eigenvalue weighted by atomic mass is 15.3. The Morgan fingerprint density at radius 2 is 1.93 bits per heavy atom. The van der Waals surface area contributed by atoms with Gasteiger partial charge in [-0.25, -0.2) is 9.97 Å². The van der Waals surface area contributed by atoms with Crippen molar-refractivity contribution >= 4 is 17.4 Å². The van der Waals surface area contributed by atoms with Gasteiger partial charge in [0.25, 0.3) is 0 Å². The van der Waals surface area contributed by atoms with Crippen molar-refractivity contribution in [3.63, 3.8) is 0 Å². The van der Waals surface area contributed by atoms with Crippen LogP contribution in [-0.2, 0) is 6.54 Å². The summed E-state index contributed by atoms with van der Waals surface area (Å²) in [7, 11) is 0. The number of benzene rings is 1. The molecule has 1 aromatic carbocycles. The van der Waals surface area contributed by atoms with Crippen molar-refractivity contribution in [2.45, 2.75) is 20.4 Å². The van der Waals surface area contributed by atoms with Gasteiger partial charge in [-0.1, -0.05) is 18.2 Å². The first-order valence-electron chi connectivity index (χ1n) is 10.3. The Morgan fingerprint density at radius 1 is 1.07 bits per heavy atom. The number of nitrogens with one attached hydrogen (secondary N) is 3. The van der Waals surface area contributed by atoms with Crippen molar-refractivity contribution < 1.29 is 0 Å². The second-order valence-corrected chi connectivity index (χ2v) is 7.86. The number of piperazine rings is 1. The van der Waals surface area contributed by atoms with Crippen molar-refractivity contribution in [3.05, 3.63) is 59.5 Å². The first-order chi connectivity index (χ1) is 14.6. The molecule has 1 aliphatic heterocycles. The number of anilines is 2. The molecule has 0 amide bonds. The van der Waals surface area contributed by atoms with Gasteiger partial charge in [0.2, 0.25) is 5.95 Å². The van der Waals surface area contributed by atoms with E-state index in [1.807, 2.05) is 36.6 Å². The quantitative estimate of drug-likeness (QED) is 0.476. The summed E-state index contributed by atoms with van der Waals surface area (Å²) in [5.41, 5.74) is 6.08. The summed E-state index contributed by atoms with van der Waals surface area (Å²) in [6, 6.07) is 12.6. The first kappa shape index (κ1) is 18.8. The minimum Gasteiger partial charge on any atom is -0.314 e. The summed E-state index contributed by atoms with van der Waals surface area (Å²) in [5, 5.41) is 14.0. The third-order valence-electron chi connectivity index (χ3n) is 5.36. The number of hydrogen-bond acceptors (Lipinski definition) is 6. The van der Waals surface area contributed by atoms with Crippen LogP contribution in [0.15, 0.2) is 42.6 Å². The van der Waals surface area contributed by atoms with Crippen LogP contribution >= 0.6 is 0 Å². The summed E-state index contributed by atoms with van der Waals surface area (Å²) in [5.74, 6) is 1.43. The molecule has 154 valence electrons. The van der Waals surface area contributed by atoms with Gasteiger partial charge in [0, 0.05) is 62.3 Å². The van der Waals surface area contributed by atoms with E-state index in [1.165, 1.54) is 5.56 Å². The van der Waals surface area contributed by atoms with Crippen LogP contribution in [0, 0.1) is 13.8 Å². The standard InChI is InChI=1S/C22H26N8/c1-15-10-20(28-27-15)26-22-25-19(12-21-24-16(2)13-30(21)22)18-5-3-4-17(11-18)14-29-8-6-23-7-9-29/h3-5,10-13,23H,6-9,14H2,1-2H3,(H2,25,26,27,28). The van der Waals surface area contributed by atoms with Crippen LogP contribution in [0.5, 0.6) is 0 Å². The molecule has 0 atom stereocenters. The third kappa shape index (κ3) is 3.92. The number of nitrogens with zero attached hydrogens (tertiary/aromatic N) is 5. The molecule has 0 radical (unpaired) electrons. The third-order valence-corrected chi connectivity index (χ3v) is 5.36. The molecule has 0 spiro atoms. The lowest BCUT2D eigenvalue weighted by molar-refractivity contribution is 0.233. The fourth-order valence-electron chi connectivity index (χ4n) is 3.90. The minimum atomic E-state index is 0.696. The molecule has 0 unspecified atom stereocenters. The van der Waals surface area contributed by atoms with Gasteiger partial charge in [0.05, 0.1) is 11.4 Å². The molecule has 4 aromatic rings. The maximum atomic E-state index is 4.91. The van der Waals surface area contributed by atoms with Crippen LogP contribution in [-0.4, -0.2) is 55.6 Å². The van der Waals surface area contributed by atoms with Gasteiger partial charge in [-0.05, 0) is 25.5 Å². The fraction of sp³-hybridized carbons (Fsp3) is 0.318. The zero-order valence-corrected chi connectivity index (χ0v) is 17.3. The predicted molar refractivity (Wildman–Crippen MR) is 118 cm³/mol. The smallest absolute Gasteiger partial charge is 0.215 e. The van der Waals surface area contributed by atoms with Crippen molar-refractivity contribution in [2.75, 3.05) is 31.5 Å². The molecule has 0 bridgehead atoms. The van der Waals surface area contributed by atoms with Crippen LogP contribution in [0.1, 0.15) is 17.0 Å². The molecule has 8 nitrogen and oxygen atoms in total. The molecule has 8 heteroatoms. The van der Waals surface area contributed by atoms with Gasteiger partial charge in [0.1, 0.15) is 5.65 Å². The van der Waals surface area contributed by atoms with Crippen LogP contribution in [0.3, 0.4) is 0 Å². The lowest BCUT2D eigenvalue weighted by Crippen LogP contribution is -2.42. The van der Waals surface area contributed by atoms with Crippen LogP contribution in [0.25, 0.3) is 16.9 Å². The average Bonchev–Trinajstić information content (AvgIpc) is 3.33. The molecule has 1 fully saturated rings. The van der Waals surface area contributed by atoms with E-state index in [0.29, 0.717) is 5.95 Å². The Hall–Kier alpha value is -3.23. The predicted octanol–water partition coefficient (Wildman–Crippen LogP) is 2.89. The molecule has 1 aliphatic rings. The van der Waals surface area contributed by atoms with Gasteiger partial charge < -0.3 is 10.6 Å². The fourth-order valence-corrected chi connectivity index (χ4v) is 3.90. The molecule has 4 heterocycles. The van der Waals surface area contributed by atoms with Crippen LogP contribution < -0.4 is 10.6 Å². The molecule has 3 aromatic heterocycles. The summed E-state index contributed by atoms with van der Waals surface area (Å²) < 4.78 is 1.97. The van der Waals surface area contributed by atoms with E-state index < -0.39 is 0 Å². The number of hydrogen-bond donors (Lipinski definition) is 3. The Morgan fingerprint density at radius 3 is 2.73 bits per heavy atom. The number of aryl methyl sites for hydroxylation is 2. The van der Waals surface area contributed by atoms with E-state index >= 15 is 0 Å². The Labute approximate surface area is 175 Å². The summed E-state index contributed by atoms with van der Waals surface area (Å²) in [4.78, 5) is 12.1. The van der Waals surface area contributed by atoms with E-state index in [9.17, 15) is 0 Å². The minimum absolute atomic E-state index is 0.696. The number of fused-ring (bicyclic) bond motifs is 1. The highest BCUT2D eigenvalue weighted by Crippen LogP contribution is 2.25. The second-order valence-electron chi connectivity index (χ2n) is 7.86. The van der Waals surface area contributed by atoms with Crippen molar-refractivity contribution in [3.8, 4) is 11.3 Å². The van der Waals surface area contributed by atoms with Crippen molar-refractivity contribution in [2.24, 2.45) is 0 Å². The highest BCUT2D eigenvalue weighted by Gasteiger charge is 2.13. The molecular formula is C22H26N8. The van der Waals surface area contributed by atoms with Crippen molar-refractivity contribution in [1.82, 2.24) is 34.8 Å². The maximum absolute atomic E-state index is 4.91. The lowest BCUT2D eigenvalue weighted by Gasteiger charge is -2.27. The first-order valence-corrected chi connectivity index (χ1v) is 10.3. The Bertz CT molecular complexity index is 1170. The Kier molecular flexibility index (Phi) is 4.94. The van der Waals surface area contributed by atoms with E-state index in [-0.39, 0.29) is 0 Å². The van der Waals surface area contributed by atoms with Gasteiger partial charge in [0.15, 0.2) is 5.82 Å². The van der Waals surface area contributed by atoms with E-state index in [0.717, 1.165) is 66.8 Å². The number of rotatable bonds is 5. The second kappa shape index (κ2) is 7.89. The lowest BCUT2D eigenvalue weighted by atomic mass is 10.1. The van der Waals surface area contributed by atoms with Gasteiger partial charge >= 0.3 is 0 Å².